The molecule has 0 aliphatic heterocycles. The first-order valence-electron chi connectivity index (χ1n) is 6.06. The molecule has 100 valence electrons. The average molecular weight is 254 g/mol. The third-order valence-electron chi connectivity index (χ3n) is 2.83. The molecule has 0 bridgehead atoms. The zero-order valence-electron chi connectivity index (χ0n) is 10.9. The van der Waals surface area contributed by atoms with E-state index in [9.17, 15) is 9.18 Å². The van der Waals surface area contributed by atoms with Crippen molar-refractivity contribution in [2.24, 2.45) is 5.92 Å². The van der Waals surface area contributed by atoms with Gasteiger partial charge in [0.2, 0.25) is 0 Å². The van der Waals surface area contributed by atoms with Gasteiger partial charge in [-0.1, -0.05) is 20.8 Å². The number of hydrogen-bond donors (Lipinski definition) is 2. The van der Waals surface area contributed by atoms with Crippen LogP contribution in [-0.2, 0) is 4.79 Å². The number of aliphatic carboxylic acids is 1. The van der Waals surface area contributed by atoms with Gasteiger partial charge in [-0.05, 0) is 24.5 Å². The first kappa shape index (κ1) is 14.6. The molecular formula is C13H19FN2O2. The van der Waals surface area contributed by atoms with Crippen molar-refractivity contribution < 1.29 is 14.3 Å². The molecule has 0 fully saturated rings. The summed E-state index contributed by atoms with van der Waals surface area (Å²) < 4.78 is 12.8. The topological polar surface area (TPSA) is 62.2 Å². The smallest absolute Gasteiger partial charge is 0.320 e. The van der Waals surface area contributed by atoms with Crippen molar-refractivity contribution in [2.45, 2.75) is 39.3 Å². The van der Waals surface area contributed by atoms with Crippen LogP contribution in [0.15, 0.2) is 18.3 Å². The van der Waals surface area contributed by atoms with Crippen LogP contribution in [0.5, 0.6) is 0 Å². The lowest BCUT2D eigenvalue weighted by atomic mass is 10.0. The van der Waals surface area contributed by atoms with Crippen LogP contribution in [-0.4, -0.2) is 22.1 Å². The molecule has 5 heteroatoms. The van der Waals surface area contributed by atoms with Gasteiger partial charge in [-0.15, -0.1) is 0 Å². The number of hydrogen-bond acceptors (Lipinski definition) is 3. The quantitative estimate of drug-likeness (QED) is 0.818. The predicted octanol–water partition coefficient (Wildman–Crippen LogP) is 2.37. The lowest BCUT2D eigenvalue weighted by Crippen LogP contribution is -2.43. The molecule has 0 saturated carbocycles. The van der Waals surface area contributed by atoms with Crippen LogP contribution < -0.4 is 5.32 Å². The highest BCUT2D eigenvalue weighted by Crippen LogP contribution is 2.17. The number of rotatable bonds is 6. The highest BCUT2D eigenvalue weighted by molar-refractivity contribution is 5.73. The van der Waals surface area contributed by atoms with E-state index >= 15 is 0 Å². The lowest BCUT2D eigenvalue weighted by molar-refractivity contribution is -0.140. The Hall–Kier alpha value is -1.49. The Balaban J connectivity index is 2.83. The second kappa shape index (κ2) is 6.44. The summed E-state index contributed by atoms with van der Waals surface area (Å²) in [4.78, 5) is 15.1. The summed E-state index contributed by atoms with van der Waals surface area (Å²) in [6.45, 7) is 5.62. The van der Waals surface area contributed by atoms with Crippen LogP contribution >= 0.6 is 0 Å². The van der Waals surface area contributed by atoms with Crippen LogP contribution in [0.3, 0.4) is 0 Å². The van der Waals surface area contributed by atoms with E-state index in [0.29, 0.717) is 12.1 Å². The second-order valence-electron chi connectivity index (χ2n) is 4.59. The largest absolute Gasteiger partial charge is 0.480 e. The van der Waals surface area contributed by atoms with E-state index in [1.54, 1.807) is 6.07 Å². The number of aromatic nitrogens is 1. The van der Waals surface area contributed by atoms with Gasteiger partial charge in [0.1, 0.15) is 11.9 Å². The standard InChI is InChI=1S/C13H19FN2O2/c1-4-10(11-6-5-9(14)7-15-11)16-12(8(2)3)13(17)18/h5-8,10,12,16H,4H2,1-3H3,(H,17,18). The molecule has 0 aliphatic carbocycles. The minimum Gasteiger partial charge on any atom is -0.480 e. The molecular weight excluding hydrogens is 235 g/mol. The fourth-order valence-electron chi connectivity index (χ4n) is 1.77. The molecule has 0 spiro atoms. The molecule has 2 N–H and O–H groups in total. The monoisotopic (exact) mass is 254 g/mol. The number of carbonyl (C=O) groups is 1. The number of carboxylic acids is 1. The molecule has 0 amide bonds. The normalized spacial score (nSPS) is 14.5. The molecule has 0 radical (unpaired) electrons. The van der Waals surface area contributed by atoms with Crippen LogP contribution in [0.4, 0.5) is 4.39 Å². The van der Waals surface area contributed by atoms with Gasteiger partial charge in [-0.2, -0.15) is 0 Å². The molecule has 1 heterocycles. The van der Waals surface area contributed by atoms with E-state index in [4.69, 9.17) is 5.11 Å². The zero-order valence-corrected chi connectivity index (χ0v) is 10.9. The predicted molar refractivity (Wildman–Crippen MR) is 66.6 cm³/mol. The van der Waals surface area contributed by atoms with Crippen LogP contribution in [0.2, 0.25) is 0 Å². The molecule has 2 unspecified atom stereocenters. The van der Waals surface area contributed by atoms with E-state index in [0.717, 1.165) is 6.20 Å². The Morgan fingerprint density at radius 1 is 1.50 bits per heavy atom. The molecule has 18 heavy (non-hydrogen) atoms. The SMILES string of the molecule is CCC(NC(C(=O)O)C(C)C)c1ccc(F)cn1. The Kier molecular flexibility index (Phi) is 5.22. The summed E-state index contributed by atoms with van der Waals surface area (Å²) in [7, 11) is 0. The third-order valence-corrected chi connectivity index (χ3v) is 2.83. The Bertz CT molecular complexity index is 392. The number of halogens is 1. The maximum Gasteiger partial charge on any atom is 0.320 e. The van der Waals surface area contributed by atoms with E-state index in [1.807, 2.05) is 20.8 Å². The van der Waals surface area contributed by atoms with Crippen LogP contribution in [0.25, 0.3) is 0 Å². The molecule has 0 aromatic carbocycles. The first-order valence-corrected chi connectivity index (χ1v) is 6.06. The van der Waals surface area contributed by atoms with Crippen molar-refractivity contribution in [3.05, 3.63) is 29.8 Å². The van der Waals surface area contributed by atoms with E-state index < -0.39 is 17.8 Å². The fraction of sp³-hybridized carbons (Fsp3) is 0.538. The Morgan fingerprint density at radius 2 is 2.17 bits per heavy atom. The van der Waals surface area contributed by atoms with Crippen molar-refractivity contribution in [1.29, 1.82) is 0 Å². The third kappa shape index (κ3) is 3.77. The highest BCUT2D eigenvalue weighted by Gasteiger charge is 2.25. The van der Waals surface area contributed by atoms with Gasteiger partial charge in [0.25, 0.3) is 0 Å². The van der Waals surface area contributed by atoms with Crippen molar-refractivity contribution in [3.8, 4) is 0 Å². The summed E-state index contributed by atoms with van der Waals surface area (Å²) in [5.74, 6) is -1.31. The van der Waals surface area contributed by atoms with Crippen molar-refractivity contribution in [2.75, 3.05) is 0 Å². The molecule has 0 aliphatic rings. The van der Waals surface area contributed by atoms with Gasteiger partial charge in [0.15, 0.2) is 0 Å². The summed E-state index contributed by atoms with van der Waals surface area (Å²) in [6, 6.07) is 2.09. The second-order valence-corrected chi connectivity index (χ2v) is 4.59. The maximum absolute atomic E-state index is 12.8. The molecule has 1 aromatic rings. The Morgan fingerprint density at radius 3 is 2.56 bits per heavy atom. The molecule has 4 nitrogen and oxygen atoms in total. The van der Waals surface area contributed by atoms with Crippen molar-refractivity contribution in [1.82, 2.24) is 10.3 Å². The zero-order chi connectivity index (χ0) is 13.7. The minimum atomic E-state index is -0.884. The Labute approximate surface area is 106 Å². The molecule has 1 rings (SSSR count). The van der Waals surface area contributed by atoms with E-state index in [2.05, 4.69) is 10.3 Å². The molecule has 1 aromatic heterocycles. The first-order chi connectivity index (χ1) is 8.45. The van der Waals surface area contributed by atoms with Gasteiger partial charge in [-0.3, -0.25) is 15.1 Å². The fourth-order valence-corrected chi connectivity index (χ4v) is 1.77. The van der Waals surface area contributed by atoms with Gasteiger partial charge in [0.05, 0.1) is 11.9 Å². The van der Waals surface area contributed by atoms with Gasteiger partial charge < -0.3 is 5.11 Å². The lowest BCUT2D eigenvalue weighted by Gasteiger charge is -2.24. The van der Waals surface area contributed by atoms with Crippen LogP contribution in [0.1, 0.15) is 38.9 Å². The van der Waals surface area contributed by atoms with Gasteiger partial charge in [-0.25, -0.2) is 4.39 Å². The minimum absolute atomic E-state index is 0.0306. The van der Waals surface area contributed by atoms with Crippen molar-refractivity contribution >= 4 is 5.97 Å². The summed E-state index contributed by atoms with van der Waals surface area (Å²) in [5, 5.41) is 12.2. The van der Waals surface area contributed by atoms with E-state index in [-0.39, 0.29) is 12.0 Å². The van der Waals surface area contributed by atoms with Gasteiger partial charge >= 0.3 is 5.97 Å². The average Bonchev–Trinajstić information content (AvgIpc) is 2.31. The summed E-state index contributed by atoms with van der Waals surface area (Å²) in [6.07, 6.45) is 1.83. The number of pyridine rings is 1. The maximum atomic E-state index is 12.8. The highest BCUT2D eigenvalue weighted by atomic mass is 19.1. The molecule has 0 saturated heterocycles. The van der Waals surface area contributed by atoms with Crippen LogP contribution in [0, 0.1) is 11.7 Å². The van der Waals surface area contributed by atoms with E-state index in [1.165, 1.54) is 6.07 Å². The van der Waals surface area contributed by atoms with Gasteiger partial charge in [0, 0.05) is 6.04 Å². The number of nitrogens with one attached hydrogen (secondary N) is 1. The number of nitrogens with zero attached hydrogens (tertiary/aromatic N) is 1. The number of carboxylic acid groups (broad SMARTS) is 1. The summed E-state index contributed by atoms with van der Waals surface area (Å²) in [5.41, 5.74) is 0.658. The summed E-state index contributed by atoms with van der Waals surface area (Å²) >= 11 is 0. The van der Waals surface area contributed by atoms with Crippen molar-refractivity contribution in [3.63, 3.8) is 0 Å². The molecule has 2 atom stereocenters.